The number of aliphatic hydroxyl groups is 1. The molecule has 3 nitrogen and oxygen atoms in total. The Morgan fingerprint density at radius 1 is 1.50 bits per heavy atom. The second-order valence-corrected chi connectivity index (χ2v) is 6.13. The van der Waals surface area contributed by atoms with Crippen molar-refractivity contribution in [3.63, 3.8) is 0 Å². The predicted molar refractivity (Wildman–Crippen MR) is 65.8 cm³/mol. The van der Waals surface area contributed by atoms with Crippen molar-refractivity contribution in [3.8, 4) is 0 Å². The number of hydrogen-bond acceptors (Lipinski definition) is 4. The van der Waals surface area contributed by atoms with Crippen molar-refractivity contribution < 1.29 is 14.6 Å². The van der Waals surface area contributed by atoms with Gasteiger partial charge in [-0.05, 0) is 24.5 Å². The summed E-state index contributed by atoms with van der Waals surface area (Å²) in [7, 11) is 0. The van der Waals surface area contributed by atoms with Gasteiger partial charge >= 0.3 is 0 Å². The smallest absolute Gasteiger partial charge is 0.0940 e. The third-order valence-electron chi connectivity index (χ3n) is 3.64. The molecule has 0 amide bonds. The summed E-state index contributed by atoms with van der Waals surface area (Å²) in [6.07, 6.45) is 2.79. The fourth-order valence-corrected chi connectivity index (χ4v) is 3.38. The molecular weight excluding hydrogens is 224 g/mol. The fraction of sp³-hybridized carbons (Fsp3) is 1.00. The zero-order valence-corrected chi connectivity index (χ0v) is 10.8. The molecule has 2 rings (SSSR count). The van der Waals surface area contributed by atoms with Gasteiger partial charge in [-0.2, -0.15) is 11.8 Å². The molecule has 2 aliphatic heterocycles. The van der Waals surface area contributed by atoms with Gasteiger partial charge in [0.05, 0.1) is 18.3 Å². The first-order valence-electron chi connectivity index (χ1n) is 6.23. The van der Waals surface area contributed by atoms with Gasteiger partial charge < -0.3 is 14.6 Å². The van der Waals surface area contributed by atoms with Crippen LogP contribution in [0.4, 0.5) is 0 Å². The summed E-state index contributed by atoms with van der Waals surface area (Å²) >= 11 is 1.82. The van der Waals surface area contributed by atoms with Gasteiger partial charge in [0.15, 0.2) is 0 Å². The Labute approximate surface area is 102 Å². The first-order valence-corrected chi connectivity index (χ1v) is 7.39. The molecule has 2 heterocycles. The Morgan fingerprint density at radius 3 is 3.06 bits per heavy atom. The highest BCUT2D eigenvalue weighted by Crippen LogP contribution is 2.37. The lowest BCUT2D eigenvalue weighted by molar-refractivity contribution is -0.113. The van der Waals surface area contributed by atoms with Crippen LogP contribution in [0.3, 0.4) is 0 Å². The fourth-order valence-electron chi connectivity index (χ4n) is 2.63. The van der Waals surface area contributed by atoms with Crippen LogP contribution in [0.1, 0.15) is 26.2 Å². The van der Waals surface area contributed by atoms with E-state index in [1.54, 1.807) is 0 Å². The van der Waals surface area contributed by atoms with Crippen LogP contribution in [0.15, 0.2) is 0 Å². The molecule has 3 unspecified atom stereocenters. The van der Waals surface area contributed by atoms with E-state index < -0.39 is 0 Å². The summed E-state index contributed by atoms with van der Waals surface area (Å²) in [5.74, 6) is 2.33. The van der Waals surface area contributed by atoms with Crippen molar-refractivity contribution >= 4 is 11.8 Å². The molecule has 4 heteroatoms. The molecule has 2 saturated heterocycles. The van der Waals surface area contributed by atoms with Crippen molar-refractivity contribution in [3.05, 3.63) is 0 Å². The molecule has 1 N–H and O–H groups in total. The molecule has 0 aromatic rings. The summed E-state index contributed by atoms with van der Waals surface area (Å²) in [5.41, 5.74) is -0.0687. The number of ether oxygens (including phenoxy) is 2. The molecular formula is C12H22O3S. The zero-order valence-electron chi connectivity index (χ0n) is 9.98. The maximum Gasteiger partial charge on any atom is 0.0940 e. The standard InChI is InChI=1S/C12H22O3S/c1-2-16-8-11(13)10-3-5-15-12(7-10)4-6-14-9-12/h10-11,13H,2-9H2,1H3. The molecule has 0 bridgehead atoms. The average Bonchev–Trinajstić information content (AvgIpc) is 2.74. The molecule has 0 aromatic heterocycles. The van der Waals surface area contributed by atoms with E-state index in [1.165, 1.54) is 0 Å². The van der Waals surface area contributed by atoms with Crippen LogP contribution in [-0.4, -0.2) is 48.1 Å². The predicted octanol–water partition coefficient (Wildman–Crippen LogP) is 1.69. The lowest BCUT2D eigenvalue weighted by Gasteiger charge is -2.38. The second-order valence-electron chi connectivity index (χ2n) is 4.81. The van der Waals surface area contributed by atoms with E-state index in [1.807, 2.05) is 11.8 Å². The van der Waals surface area contributed by atoms with Crippen LogP contribution in [-0.2, 0) is 9.47 Å². The normalized spacial score (nSPS) is 36.8. The van der Waals surface area contributed by atoms with Crippen molar-refractivity contribution in [1.29, 1.82) is 0 Å². The van der Waals surface area contributed by atoms with Crippen molar-refractivity contribution in [2.45, 2.75) is 37.9 Å². The van der Waals surface area contributed by atoms with Crippen molar-refractivity contribution in [2.24, 2.45) is 5.92 Å². The van der Waals surface area contributed by atoms with E-state index in [0.29, 0.717) is 5.92 Å². The average molecular weight is 246 g/mol. The SMILES string of the molecule is CCSCC(O)C1CCOC2(CCOC2)C1. The molecule has 16 heavy (non-hydrogen) atoms. The first kappa shape index (κ1) is 12.7. The number of aliphatic hydroxyl groups excluding tert-OH is 1. The summed E-state index contributed by atoms with van der Waals surface area (Å²) in [6, 6.07) is 0. The van der Waals surface area contributed by atoms with E-state index in [-0.39, 0.29) is 11.7 Å². The molecule has 0 aromatic carbocycles. The third kappa shape index (κ3) is 2.92. The minimum absolute atomic E-state index is 0.0687. The quantitative estimate of drug-likeness (QED) is 0.819. The Morgan fingerprint density at radius 2 is 2.38 bits per heavy atom. The zero-order chi connectivity index (χ0) is 11.4. The van der Waals surface area contributed by atoms with Crippen LogP contribution in [0.2, 0.25) is 0 Å². The van der Waals surface area contributed by atoms with Gasteiger partial charge in [-0.15, -0.1) is 0 Å². The van der Waals surface area contributed by atoms with Crippen molar-refractivity contribution in [1.82, 2.24) is 0 Å². The molecule has 0 aliphatic carbocycles. The lowest BCUT2D eigenvalue weighted by atomic mass is 9.82. The molecule has 2 fully saturated rings. The van der Waals surface area contributed by atoms with Crippen LogP contribution >= 0.6 is 11.8 Å². The minimum atomic E-state index is -0.175. The van der Waals surface area contributed by atoms with Gasteiger partial charge in [0.1, 0.15) is 0 Å². The van der Waals surface area contributed by atoms with E-state index >= 15 is 0 Å². The second kappa shape index (κ2) is 5.71. The number of thioether (sulfide) groups is 1. The highest BCUT2D eigenvalue weighted by molar-refractivity contribution is 7.99. The van der Waals surface area contributed by atoms with E-state index in [2.05, 4.69) is 6.92 Å². The summed E-state index contributed by atoms with van der Waals surface area (Å²) in [4.78, 5) is 0. The Hall–Kier alpha value is 0.230. The van der Waals surface area contributed by atoms with E-state index in [4.69, 9.17) is 9.47 Å². The number of rotatable bonds is 4. The Bertz CT molecular complexity index is 216. The molecule has 2 aliphatic rings. The van der Waals surface area contributed by atoms with Crippen LogP contribution in [0.5, 0.6) is 0 Å². The third-order valence-corrected chi connectivity index (χ3v) is 4.62. The first-order chi connectivity index (χ1) is 7.76. The van der Waals surface area contributed by atoms with Gasteiger partial charge in [-0.25, -0.2) is 0 Å². The molecule has 1 spiro atoms. The van der Waals surface area contributed by atoms with Gasteiger partial charge in [0.25, 0.3) is 0 Å². The monoisotopic (exact) mass is 246 g/mol. The van der Waals surface area contributed by atoms with E-state index in [0.717, 1.165) is 50.6 Å². The summed E-state index contributed by atoms with van der Waals surface area (Å²) in [6.45, 7) is 4.44. The maximum absolute atomic E-state index is 10.1. The van der Waals surface area contributed by atoms with Crippen LogP contribution < -0.4 is 0 Å². The van der Waals surface area contributed by atoms with Crippen molar-refractivity contribution in [2.75, 3.05) is 31.3 Å². The molecule has 0 radical (unpaired) electrons. The van der Waals surface area contributed by atoms with E-state index in [9.17, 15) is 5.11 Å². The van der Waals surface area contributed by atoms with Gasteiger partial charge in [0, 0.05) is 25.4 Å². The Balaban J connectivity index is 1.85. The van der Waals surface area contributed by atoms with Gasteiger partial charge in [0.2, 0.25) is 0 Å². The lowest BCUT2D eigenvalue weighted by Crippen LogP contribution is -2.44. The minimum Gasteiger partial charge on any atom is -0.392 e. The summed E-state index contributed by atoms with van der Waals surface area (Å²) in [5, 5.41) is 10.1. The molecule has 94 valence electrons. The summed E-state index contributed by atoms with van der Waals surface area (Å²) < 4.78 is 11.3. The largest absolute Gasteiger partial charge is 0.392 e. The van der Waals surface area contributed by atoms with Gasteiger partial charge in [-0.3, -0.25) is 0 Å². The van der Waals surface area contributed by atoms with Crippen LogP contribution in [0, 0.1) is 5.92 Å². The van der Waals surface area contributed by atoms with Gasteiger partial charge in [-0.1, -0.05) is 6.92 Å². The Kier molecular flexibility index (Phi) is 4.53. The van der Waals surface area contributed by atoms with Crippen LogP contribution in [0.25, 0.3) is 0 Å². The molecule has 0 saturated carbocycles. The topological polar surface area (TPSA) is 38.7 Å². The highest BCUT2D eigenvalue weighted by atomic mass is 32.2. The molecule has 3 atom stereocenters. The number of hydrogen-bond donors (Lipinski definition) is 1. The highest BCUT2D eigenvalue weighted by Gasteiger charge is 2.42. The maximum atomic E-state index is 10.1.